The van der Waals surface area contributed by atoms with Crippen molar-refractivity contribution >= 4 is 41.3 Å². The fraction of sp³-hybridized carbons (Fsp3) is 0.316. The van der Waals surface area contributed by atoms with Gasteiger partial charge in [-0.25, -0.2) is 10.2 Å². The van der Waals surface area contributed by atoms with Gasteiger partial charge in [-0.15, -0.1) is 23.2 Å². The minimum atomic E-state index is -1.04. The molecule has 1 fully saturated rings. The Morgan fingerprint density at radius 2 is 1.93 bits per heavy atom. The summed E-state index contributed by atoms with van der Waals surface area (Å²) < 4.78 is 9.58. The summed E-state index contributed by atoms with van der Waals surface area (Å²) >= 11 is 11.9. The largest absolute Gasteiger partial charge is 0.462 e. The van der Waals surface area contributed by atoms with E-state index in [4.69, 9.17) is 32.4 Å². The van der Waals surface area contributed by atoms with Crippen molar-refractivity contribution in [2.45, 2.75) is 24.6 Å². The molecule has 1 N–H and O–H groups in total. The van der Waals surface area contributed by atoms with Gasteiger partial charge in [0.2, 0.25) is 5.91 Å². The number of nitrogens with one attached hydrogen (secondary N) is 1. The molecule has 8 heteroatoms. The molecule has 0 spiro atoms. The van der Waals surface area contributed by atoms with E-state index in [-0.39, 0.29) is 11.9 Å². The zero-order valence-electron chi connectivity index (χ0n) is 14.8. The number of hydrogen-bond donors (Lipinski definition) is 1. The molecular weight excluding hydrogens is 391 g/mol. The second-order valence-corrected chi connectivity index (χ2v) is 7.90. The van der Waals surface area contributed by atoms with Crippen LogP contribution in [-0.2, 0) is 9.53 Å². The highest BCUT2D eigenvalue weighted by atomic mass is 35.5. The van der Waals surface area contributed by atoms with Gasteiger partial charge in [0, 0.05) is 5.56 Å². The maximum absolute atomic E-state index is 12.0. The number of carbonyl (C=O) groups excluding carboxylic acids is 2. The zero-order valence-corrected chi connectivity index (χ0v) is 16.3. The van der Waals surface area contributed by atoms with Gasteiger partial charge in [0.05, 0.1) is 23.8 Å². The lowest BCUT2D eigenvalue weighted by Gasteiger charge is -2.08. The maximum Gasteiger partial charge on any atom is 0.338 e. The smallest absolute Gasteiger partial charge is 0.338 e. The van der Waals surface area contributed by atoms with Gasteiger partial charge in [0.25, 0.3) is 0 Å². The van der Waals surface area contributed by atoms with Crippen LogP contribution < -0.4 is 5.43 Å². The molecule has 1 atom stereocenters. The molecule has 0 radical (unpaired) electrons. The van der Waals surface area contributed by atoms with Crippen molar-refractivity contribution in [1.29, 1.82) is 0 Å². The Hall–Kier alpha value is -2.31. The predicted octanol–water partition coefficient (Wildman–Crippen LogP) is 4.16. The van der Waals surface area contributed by atoms with E-state index < -0.39 is 9.75 Å². The van der Waals surface area contributed by atoms with Crippen molar-refractivity contribution in [2.75, 3.05) is 6.61 Å². The number of nitrogens with zero attached hydrogens (tertiary/aromatic N) is 1. The van der Waals surface area contributed by atoms with Crippen LogP contribution in [0.5, 0.6) is 0 Å². The van der Waals surface area contributed by atoms with E-state index >= 15 is 0 Å². The van der Waals surface area contributed by atoms with Crippen molar-refractivity contribution < 1.29 is 18.7 Å². The van der Waals surface area contributed by atoms with Crippen LogP contribution in [0.15, 0.2) is 45.9 Å². The first-order valence-electron chi connectivity index (χ1n) is 8.35. The molecule has 3 rings (SSSR count). The molecule has 1 amide bonds. The van der Waals surface area contributed by atoms with E-state index in [9.17, 15) is 9.59 Å². The van der Waals surface area contributed by atoms with Crippen LogP contribution in [0.25, 0.3) is 11.3 Å². The van der Waals surface area contributed by atoms with Crippen molar-refractivity contribution in [1.82, 2.24) is 5.43 Å². The summed E-state index contributed by atoms with van der Waals surface area (Å²) in [7, 11) is 0. The number of esters is 1. The van der Waals surface area contributed by atoms with E-state index in [1.54, 1.807) is 50.2 Å². The Labute approximate surface area is 166 Å². The van der Waals surface area contributed by atoms with Gasteiger partial charge in [-0.3, -0.25) is 4.79 Å². The topological polar surface area (TPSA) is 80.9 Å². The molecule has 0 unspecified atom stereocenters. The molecular formula is C19H18Cl2N2O4. The molecule has 1 aliphatic rings. The lowest BCUT2D eigenvalue weighted by molar-refractivity contribution is -0.125. The standard InChI is InChI=1S/C19H18Cl2N2O4/c1-3-26-16(24)13-6-4-12(5-7-13)15-9-8-14(27-15)10-22-23-17(25)18(2)11-19(18,20)21/h4-10H,3,11H2,1-2H3,(H,23,25)/t18-/m1/s1. The highest BCUT2D eigenvalue weighted by Gasteiger charge is 2.68. The molecule has 27 heavy (non-hydrogen) atoms. The quantitative estimate of drug-likeness (QED) is 0.336. The van der Waals surface area contributed by atoms with E-state index in [1.807, 2.05) is 0 Å². The molecule has 0 aliphatic heterocycles. The highest BCUT2D eigenvalue weighted by Crippen LogP contribution is 2.63. The lowest BCUT2D eigenvalue weighted by atomic mass is 10.1. The summed E-state index contributed by atoms with van der Waals surface area (Å²) in [6.45, 7) is 3.77. The van der Waals surface area contributed by atoms with Crippen molar-refractivity contribution in [3.05, 3.63) is 47.7 Å². The van der Waals surface area contributed by atoms with Gasteiger partial charge in [-0.2, -0.15) is 5.10 Å². The van der Waals surface area contributed by atoms with E-state index in [0.717, 1.165) is 5.56 Å². The highest BCUT2D eigenvalue weighted by molar-refractivity contribution is 6.53. The number of benzene rings is 1. The number of alkyl halides is 2. The zero-order chi connectivity index (χ0) is 19.7. The first-order chi connectivity index (χ1) is 12.8. The molecule has 0 bridgehead atoms. The van der Waals surface area contributed by atoms with Gasteiger partial charge < -0.3 is 9.15 Å². The number of ether oxygens (including phenoxy) is 1. The third-order valence-corrected chi connectivity index (χ3v) is 5.53. The Morgan fingerprint density at radius 1 is 1.26 bits per heavy atom. The summed E-state index contributed by atoms with van der Waals surface area (Å²) in [5.74, 6) is 0.357. The first-order valence-corrected chi connectivity index (χ1v) is 9.11. The molecule has 1 aromatic heterocycles. The lowest BCUT2D eigenvalue weighted by Crippen LogP contribution is -2.29. The molecule has 1 saturated carbocycles. The summed E-state index contributed by atoms with van der Waals surface area (Å²) in [5.41, 5.74) is 2.86. The molecule has 1 aliphatic carbocycles. The van der Waals surface area contributed by atoms with Crippen LogP contribution in [0.2, 0.25) is 0 Å². The molecule has 6 nitrogen and oxygen atoms in total. The van der Waals surface area contributed by atoms with Crippen LogP contribution in [0, 0.1) is 5.41 Å². The maximum atomic E-state index is 12.0. The Bertz CT molecular complexity index is 889. The van der Waals surface area contributed by atoms with Crippen molar-refractivity contribution in [3.63, 3.8) is 0 Å². The fourth-order valence-electron chi connectivity index (χ4n) is 2.49. The normalized spacial score (nSPS) is 20.4. The number of amides is 1. The molecule has 1 aromatic carbocycles. The number of halogens is 2. The number of rotatable bonds is 6. The second-order valence-electron chi connectivity index (χ2n) is 6.41. The fourth-order valence-corrected chi connectivity index (χ4v) is 3.19. The van der Waals surface area contributed by atoms with Crippen LogP contribution in [0.1, 0.15) is 36.4 Å². The summed E-state index contributed by atoms with van der Waals surface area (Å²) in [6, 6.07) is 10.4. The SMILES string of the molecule is CCOC(=O)c1ccc(-c2ccc(C=NNC(=O)[C@@]3(C)CC3(Cl)Cl)o2)cc1. The third kappa shape index (κ3) is 4.01. The summed E-state index contributed by atoms with van der Waals surface area (Å²) in [4.78, 5) is 23.7. The minimum absolute atomic E-state index is 0.327. The van der Waals surface area contributed by atoms with E-state index in [0.29, 0.717) is 30.1 Å². The van der Waals surface area contributed by atoms with Gasteiger partial charge >= 0.3 is 5.97 Å². The Kier molecular flexibility index (Phi) is 5.31. The first kappa shape index (κ1) is 19.5. The van der Waals surface area contributed by atoms with Crippen LogP contribution >= 0.6 is 23.2 Å². The number of furan rings is 1. The van der Waals surface area contributed by atoms with E-state index in [2.05, 4.69) is 10.5 Å². The summed E-state index contributed by atoms with van der Waals surface area (Å²) in [6.07, 6.45) is 1.78. The molecule has 1 heterocycles. The number of hydrogen-bond acceptors (Lipinski definition) is 5. The van der Waals surface area contributed by atoms with Crippen LogP contribution in [-0.4, -0.2) is 29.0 Å². The van der Waals surface area contributed by atoms with Gasteiger partial charge in [-0.05, 0) is 44.5 Å². The van der Waals surface area contributed by atoms with Crippen molar-refractivity contribution in [2.24, 2.45) is 10.5 Å². The Balaban J connectivity index is 1.61. The minimum Gasteiger partial charge on any atom is -0.462 e. The second kappa shape index (κ2) is 7.37. The average molecular weight is 409 g/mol. The van der Waals surface area contributed by atoms with Gasteiger partial charge in [0.15, 0.2) is 0 Å². The van der Waals surface area contributed by atoms with Crippen LogP contribution in [0.3, 0.4) is 0 Å². The monoisotopic (exact) mass is 408 g/mol. The number of hydrazone groups is 1. The van der Waals surface area contributed by atoms with Crippen LogP contribution in [0.4, 0.5) is 0 Å². The average Bonchev–Trinajstić information content (AvgIpc) is 2.98. The van der Waals surface area contributed by atoms with Gasteiger partial charge in [0.1, 0.15) is 15.9 Å². The Morgan fingerprint density at radius 3 is 2.52 bits per heavy atom. The number of carbonyl (C=O) groups is 2. The van der Waals surface area contributed by atoms with Gasteiger partial charge in [-0.1, -0.05) is 12.1 Å². The molecule has 142 valence electrons. The summed E-state index contributed by atoms with van der Waals surface area (Å²) in [5, 5.41) is 3.88. The molecule has 2 aromatic rings. The third-order valence-electron chi connectivity index (χ3n) is 4.42. The van der Waals surface area contributed by atoms with E-state index in [1.165, 1.54) is 6.21 Å². The predicted molar refractivity (Wildman–Crippen MR) is 103 cm³/mol. The van der Waals surface area contributed by atoms with Crippen molar-refractivity contribution in [3.8, 4) is 11.3 Å². The molecule has 0 saturated heterocycles.